The molecule has 0 aliphatic carbocycles. The lowest BCUT2D eigenvalue weighted by Gasteiger charge is -2.26. The van der Waals surface area contributed by atoms with Gasteiger partial charge in [-0.2, -0.15) is 0 Å². The van der Waals surface area contributed by atoms with Gasteiger partial charge < -0.3 is 4.48 Å². The number of rotatable bonds is 8. The zero-order valence-electron chi connectivity index (χ0n) is 11.0. The van der Waals surface area contributed by atoms with Crippen LogP contribution in [-0.2, 0) is 0 Å². The summed E-state index contributed by atoms with van der Waals surface area (Å²) in [5.41, 5.74) is 0. The van der Waals surface area contributed by atoms with Crippen LogP contribution in [0.25, 0.3) is 0 Å². The van der Waals surface area contributed by atoms with Crippen molar-refractivity contribution in [3.8, 4) is 0 Å². The molecule has 14 heavy (non-hydrogen) atoms. The fraction of sp³-hybridized carbons (Fsp3) is 1.00. The maximum Gasteiger partial charge on any atom is 0.0783 e. The van der Waals surface area contributed by atoms with E-state index in [1.165, 1.54) is 45.1 Å². The Kier molecular flexibility index (Phi) is 7.26. The predicted octanol–water partition coefficient (Wildman–Crippen LogP) is 3.69. The van der Waals surface area contributed by atoms with Crippen molar-refractivity contribution in [3.05, 3.63) is 0 Å². The SMILES string of the molecule is CCCCC(CCC)CC[N+](C)(C)C. The summed E-state index contributed by atoms with van der Waals surface area (Å²) in [5, 5.41) is 0. The Hall–Kier alpha value is -0.0400. The Labute approximate surface area is 91.1 Å². The topological polar surface area (TPSA) is 0 Å². The third-order valence-electron chi connectivity index (χ3n) is 2.87. The minimum absolute atomic E-state index is 0.984. The van der Waals surface area contributed by atoms with Gasteiger partial charge in [-0.15, -0.1) is 0 Å². The highest BCUT2D eigenvalue weighted by Gasteiger charge is 2.13. The zero-order valence-corrected chi connectivity index (χ0v) is 11.0. The van der Waals surface area contributed by atoms with E-state index in [0.29, 0.717) is 0 Å². The molecule has 0 bridgehead atoms. The molecule has 0 saturated carbocycles. The molecule has 1 unspecified atom stereocenters. The Balaban J connectivity index is 3.72. The van der Waals surface area contributed by atoms with E-state index >= 15 is 0 Å². The third-order valence-corrected chi connectivity index (χ3v) is 2.87. The molecule has 0 spiro atoms. The minimum atomic E-state index is 0.984. The van der Waals surface area contributed by atoms with E-state index in [4.69, 9.17) is 0 Å². The number of hydrogen-bond donors (Lipinski definition) is 0. The molecule has 0 rings (SSSR count). The summed E-state index contributed by atoms with van der Waals surface area (Å²) in [6, 6.07) is 0. The first-order valence-corrected chi connectivity index (χ1v) is 6.30. The average molecular weight is 200 g/mol. The molecule has 0 aromatic heterocycles. The number of unbranched alkanes of at least 4 members (excludes halogenated alkanes) is 1. The van der Waals surface area contributed by atoms with E-state index in [-0.39, 0.29) is 0 Å². The second-order valence-electron chi connectivity index (χ2n) is 5.60. The van der Waals surface area contributed by atoms with Crippen molar-refractivity contribution in [2.45, 2.75) is 52.4 Å². The first-order valence-electron chi connectivity index (χ1n) is 6.30. The summed E-state index contributed by atoms with van der Waals surface area (Å²) in [4.78, 5) is 0. The Bertz CT molecular complexity index is 124. The standard InChI is InChI=1S/C13H30N/c1-6-8-10-13(9-7-2)11-12-14(3,4)5/h13H,6-12H2,1-5H3/q+1. The van der Waals surface area contributed by atoms with Crippen LogP contribution in [0.15, 0.2) is 0 Å². The van der Waals surface area contributed by atoms with Crippen molar-refractivity contribution in [1.29, 1.82) is 0 Å². The fourth-order valence-corrected chi connectivity index (χ4v) is 1.90. The van der Waals surface area contributed by atoms with E-state index < -0.39 is 0 Å². The normalized spacial score (nSPS) is 14.4. The molecule has 0 aliphatic heterocycles. The van der Waals surface area contributed by atoms with Crippen LogP contribution in [0.3, 0.4) is 0 Å². The monoisotopic (exact) mass is 200 g/mol. The quantitative estimate of drug-likeness (QED) is 0.524. The van der Waals surface area contributed by atoms with Crippen molar-refractivity contribution in [2.75, 3.05) is 27.7 Å². The molecule has 0 saturated heterocycles. The molecule has 0 aromatic rings. The van der Waals surface area contributed by atoms with Crippen molar-refractivity contribution >= 4 is 0 Å². The van der Waals surface area contributed by atoms with E-state index in [0.717, 1.165) is 10.4 Å². The van der Waals surface area contributed by atoms with Gasteiger partial charge in [0.2, 0.25) is 0 Å². The predicted molar refractivity (Wildman–Crippen MR) is 65.4 cm³/mol. The van der Waals surface area contributed by atoms with Gasteiger partial charge in [0.25, 0.3) is 0 Å². The van der Waals surface area contributed by atoms with Gasteiger partial charge in [-0.1, -0.05) is 46.0 Å². The van der Waals surface area contributed by atoms with Gasteiger partial charge in [0, 0.05) is 0 Å². The molecular weight excluding hydrogens is 170 g/mol. The summed E-state index contributed by atoms with van der Waals surface area (Å²) in [6.07, 6.45) is 8.42. The van der Waals surface area contributed by atoms with Crippen molar-refractivity contribution < 1.29 is 4.48 Å². The van der Waals surface area contributed by atoms with E-state index in [2.05, 4.69) is 35.0 Å². The molecule has 0 heterocycles. The van der Waals surface area contributed by atoms with Crippen molar-refractivity contribution in [3.63, 3.8) is 0 Å². The zero-order chi connectivity index (χ0) is 11.0. The molecule has 1 atom stereocenters. The Morgan fingerprint density at radius 2 is 1.50 bits per heavy atom. The van der Waals surface area contributed by atoms with Gasteiger partial charge in [0.05, 0.1) is 27.7 Å². The summed E-state index contributed by atoms with van der Waals surface area (Å²) in [5.74, 6) is 0.984. The van der Waals surface area contributed by atoms with Gasteiger partial charge in [-0.3, -0.25) is 0 Å². The summed E-state index contributed by atoms with van der Waals surface area (Å²) >= 11 is 0. The number of nitrogens with zero attached hydrogens (tertiary/aromatic N) is 1. The van der Waals surface area contributed by atoms with Crippen LogP contribution in [0, 0.1) is 5.92 Å². The molecule has 0 aliphatic rings. The van der Waals surface area contributed by atoms with E-state index in [1.807, 2.05) is 0 Å². The maximum absolute atomic E-state index is 2.31. The number of hydrogen-bond acceptors (Lipinski definition) is 0. The van der Waals surface area contributed by atoms with Gasteiger partial charge in [0.15, 0.2) is 0 Å². The lowest BCUT2D eigenvalue weighted by molar-refractivity contribution is -0.871. The molecule has 0 radical (unpaired) electrons. The molecule has 0 N–H and O–H groups in total. The van der Waals surface area contributed by atoms with Crippen molar-refractivity contribution in [1.82, 2.24) is 0 Å². The molecule has 1 heteroatoms. The van der Waals surface area contributed by atoms with Crippen LogP contribution in [0.1, 0.15) is 52.4 Å². The second-order valence-corrected chi connectivity index (χ2v) is 5.60. The average Bonchev–Trinajstić information content (AvgIpc) is 2.08. The van der Waals surface area contributed by atoms with E-state index in [9.17, 15) is 0 Å². The Morgan fingerprint density at radius 3 is 1.93 bits per heavy atom. The Morgan fingerprint density at radius 1 is 0.857 bits per heavy atom. The summed E-state index contributed by atoms with van der Waals surface area (Å²) < 4.78 is 1.12. The molecule has 0 aromatic carbocycles. The molecule has 86 valence electrons. The summed E-state index contributed by atoms with van der Waals surface area (Å²) in [7, 11) is 6.88. The first-order chi connectivity index (χ1) is 6.49. The summed E-state index contributed by atoms with van der Waals surface area (Å²) in [6.45, 7) is 5.93. The molecule has 1 nitrogen and oxygen atoms in total. The van der Waals surface area contributed by atoms with Crippen LogP contribution in [-0.4, -0.2) is 32.2 Å². The van der Waals surface area contributed by atoms with Crippen LogP contribution >= 0.6 is 0 Å². The van der Waals surface area contributed by atoms with Gasteiger partial charge in [-0.05, 0) is 12.3 Å². The van der Waals surface area contributed by atoms with Crippen LogP contribution < -0.4 is 0 Å². The number of quaternary nitrogens is 1. The van der Waals surface area contributed by atoms with Gasteiger partial charge in [-0.25, -0.2) is 0 Å². The first kappa shape index (κ1) is 14.0. The smallest absolute Gasteiger partial charge is 0.0783 e. The molecular formula is C13H30N+. The third kappa shape index (κ3) is 8.55. The highest BCUT2D eigenvalue weighted by Crippen LogP contribution is 2.19. The maximum atomic E-state index is 2.31. The van der Waals surface area contributed by atoms with Crippen LogP contribution in [0.4, 0.5) is 0 Å². The highest BCUT2D eigenvalue weighted by atomic mass is 15.3. The largest absolute Gasteiger partial charge is 0.331 e. The van der Waals surface area contributed by atoms with Crippen LogP contribution in [0.5, 0.6) is 0 Å². The highest BCUT2D eigenvalue weighted by molar-refractivity contribution is 4.58. The lowest BCUT2D eigenvalue weighted by Crippen LogP contribution is -2.36. The minimum Gasteiger partial charge on any atom is -0.331 e. The molecule has 0 fully saturated rings. The lowest BCUT2D eigenvalue weighted by atomic mass is 9.93. The van der Waals surface area contributed by atoms with Gasteiger partial charge in [0.1, 0.15) is 0 Å². The fourth-order valence-electron chi connectivity index (χ4n) is 1.90. The van der Waals surface area contributed by atoms with E-state index in [1.54, 1.807) is 0 Å². The van der Waals surface area contributed by atoms with Gasteiger partial charge >= 0.3 is 0 Å². The van der Waals surface area contributed by atoms with Crippen molar-refractivity contribution in [2.24, 2.45) is 5.92 Å². The molecule has 0 amide bonds. The second kappa shape index (κ2) is 7.28. The van der Waals surface area contributed by atoms with Crippen LogP contribution in [0.2, 0.25) is 0 Å².